The lowest BCUT2D eigenvalue weighted by Gasteiger charge is -1.96. The summed E-state index contributed by atoms with van der Waals surface area (Å²) in [4.78, 5) is 0. The lowest BCUT2D eigenvalue weighted by Crippen LogP contribution is -2.00. The number of hydrogen-bond acceptors (Lipinski definition) is 1. The van der Waals surface area contributed by atoms with E-state index in [1.807, 2.05) is 0 Å². The van der Waals surface area contributed by atoms with Crippen LogP contribution in [0.2, 0.25) is 0 Å². The van der Waals surface area contributed by atoms with Gasteiger partial charge in [-0.2, -0.15) is 0 Å². The molecule has 0 fully saturated rings. The molecule has 0 saturated carbocycles. The smallest absolute Gasteiger partial charge is 0.119 e. The van der Waals surface area contributed by atoms with Gasteiger partial charge in [0.25, 0.3) is 0 Å². The third-order valence-corrected chi connectivity index (χ3v) is 1.48. The molecule has 2 radical (unpaired) electrons. The van der Waals surface area contributed by atoms with Crippen LogP contribution in [0.5, 0.6) is 5.75 Å². The normalized spacial score (nSPS) is 9.44. The number of halogens is 1. The lowest BCUT2D eigenvalue weighted by atomic mass is 9.95. The van der Waals surface area contributed by atoms with Gasteiger partial charge in [0.2, 0.25) is 0 Å². The quantitative estimate of drug-likeness (QED) is 0.593. The third kappa shape index (κ3) is 1.48. The monoisotopic (exact) mass is 182 g/mol. The largest absolute Gasteiger partial charge is 0.509 e. The summed E-state index contributed by atoms with van der Waals surface area (Å²) in [5, 5.41) is 8.90. The number of phenolic OH excluding ortho intramolecular Hbond substituents is 1. The van der Waals surface area contributed by atoms with Crippen molar-refractivity contribution >= 4 is 29.2 Å². The average molecular weight is 183 g/mol. The maximum Gasteiger partial charge on any atom is 0.119 e. The highest BCUT2D eigenvalue weighted by Gasteiger charge is 1.92. The van der Waals surface area contributed by atoms with E-state index in [0.29, 0.717) is 5.46 Å². The van der Waals surface area contributed by atoms with Gasteiger partial charge in [-0.25, -0.2) is 0 Å². The van der Waals surface area contributed by atoms with Crippen LogP contribution in [0, 0.1) is 0 Å². The van der Waals surface area contributed by atoms with E-state index in [-0.39, 0.29) is 5.75 Å². The van der Waals surface area contributed by atoms with Crippen molar-refractivity contribution in [3.63, 3.8) is 0 Å². The van der Waals surface area contributed by atoms with Crippen molar-refractivity contribution in [2.24, 2.45) is 0 Å². The van der Waals surface area contributed by atoms with E-state index in [1.54, 1.807) is 18.2 Å². The topological polar surface area (TPSA) is 20.2 Å². The summed E-state index contributed by atoms with van der Waals surface area (Å²) in [6.07, 6.45) is 0. The first-order valence-electron chi connectivity index (χ1n) is 2.44. The number of aromatic hydroxyl groups is 1. The third-order valence-electron chi connectivity index (χ3n) is 0.990. The fourth-order valence-corrected chi connectivity index (χ4v) is 0.904. The predicted molar refractivity (Wildman–Crippen MR) is 41.2 cm³/mol. The van der Waals surface area contributed by atoms with Gasteiger partial charge in [0, 0.05) is 4.47 Å². The van der Waals surface area contributed by atoms with Crippen LogP contribution in [0.4, 0.5) is 0 Å². The van der Waals surface area contributed by atoms with Crippen molar-refractivity contribution in [2.75, 3.05) is 0 Å². The Morgan fingerprint density at radius 2 is 2.11 bits per heavy atom. The van der Waals surface area contributed by atoms with Gasteiger partial charge in [-0.3, -0.25) is 0 Å². The van der Waals surface area contributed by atoms with Crippen molar-refractivity contribution in [3.8, 4) is 5.75 Å². The molecule has 0 amide bonds. The number of hydrogen-bond donors (Lipinski definition) is 1. The summed E-state index contributed by atoms with van der Waals surface area (Å²) in [5.41, 5.74) is 0.393. The molecule has 44 valence electrons. The molecule has 0 aliphatic carbocycles. The molecule has 0 atom stereocenters. The van der Waals surface area contributed by atoms with Gasteiger partial charge in [-0.1, -0.05) is 27.5 Å². The van der Waals surface area contributed by atoms with E-state index in [2.05, 4.69) is 15.9 Å². The van der Waals surface area contributed by atoms with Crippen LogP contribution in [0.3, 0.4) is 0 Å². The summed E-state index contributed by atoms with van der Waals surface area (Å²) in [7, 11) is 5.34. The van der Waals surface area contributed by atoms with E-state index in [9.17, 15) is 0 Å². The molecule has 0 saturated heterocycles. The molecule has 0 bridgehead atoms. The summed E-state index contributed by atoms with van der Waals surface area (Å²) in [6, 6.07) is 4.92. The van der Waals surface area contributed by atoms with Crippen LogP contribution in [0.25, 0.3) is 0 Å². The molecule has 1 nitrogen and oxygen atoms in total. The van der Waals surface area contributed by atoms with Gasteiger partial charge < -0.3 is 5.11 Å². The second-order valence-corrected chi connectivity index (χ2v) is 2.62. The van der Waals surface area contributed by atoms with Crippen molar-refractivity contribution in [1.82, 2.24) is 0 Å². The minimum atomic E-state index is 0.123. The summed E-state index contributed by atoms with van der Waals surface area (Å²) in [5.74, 6) is 0.123. The minimum Gasteiger partial charge on any atom is -0.509 e. The van der Waals surface area contributed by atoms with Crippen LogP contribution < -0.4 is 5.46 Å². The molecular formula is C6H4BBrO. The number of rotatable bonds is 0. The number of benzene rings is 1. The standard InChI is InChI=1S/C6H4BBrO/c7-5-3-4(8)1-2-6(5)9/h1-3,9H. The second-order valence-electron chi connectivity index (χ2n) is 1.70. The molecule has 1 aromatic rings. The van der Waals surface area contributed by atoms with Crippen LogP contribution >= 0.6 is 15.9 Å². The van der Waals surface area contributed by atoms with E-state index in [0.717, 1.165) is 4.47 Å². The SMILES string of the molecule is [B]c1cc(Br)ccc1O. The van der Waals surface area contributed by atoms with Crippen molar-refractivity contribution in [1.29, 1.82) is 0 Å². The maximum absolute atomic E-state index is 8.90. The summed E-state index contributed by atoms with van der Waals surface area (Å²) >= 11 is 3.21. The molecule has 0 heterocycles. The Balaban J connectivity index is 3.17. The highest BCUT2D eigenvalue weighted by atomic mass is 79.9. The Bertz CT molecular complexity index is 224. The van der Waals surface area contributed by atoms with Gasteiger partial charge in [0.1, 0.15) is 13.6 Å². The summed E-state index contributed by atoms with van der Waals surface area (Å²) in [6.45, 7) is 0. The highest BCUT2D eigenvalue weighted by Crippen LogP contribution is 2.10. The number of phenols is 1. The Morgan fingerprint density at radius 1 is 1.44 bits per heavy atom. The van der Waals surface area contributed by atoms with E-state index in [4.69, 9.17) is 13.0 Å². The Morgan fingerprint density at radius 3 is 2.56 bits per heavy atom. The Hall–Kier alpha value is -0.435. The fraction of sp³-hybridized carbons (Fsp3) is 0. The van der Waals surface area contributed by atoms with Gasteiger partial charge in [-0.15, -0.1) is 0 Å². The first kappa shape index (κ1) is 6.68. The molecule has 9 heavy (non-hydrogen) atoms. The van der Waals surface area contributed by atoms with Gasteiger partial charge >= 0.3 is 0 Å². The first-order chi connectivity index (χ1) is 4.20. The Kier molecular flexibility index (Phi) is 1.81. The van der Waals surface area contributed by atoms with Gasteiger partial charge in [0.15, 0.2) is 0 Å². The zero-order chi connectivity index (χ0) is 6.85. The van der Waals surface area contributed by atoms with E-state index in [1.165, 1.54) is 0 Å². The average Bonchev–Trinajstić information content (AvgIpc) is 1.80. The first-order valence-corrected chi connectivity index (χ1v) is 3.23. The Labute approximate surface area is 63.2 Å². The van der Waals surface area contributed by atoms with Crippen LogP contribution in [0.1, 0.15) is 0 Å². The van der Waals surface area contributed by atoms with Gasteiger partial charge in [-0.05, 0) is 12.1 Å². The summed E-state index contributed by atoms with van der Waals surface area (Å²) < 4.78 is 0.873. The van der Waals surface area contributed by atoms with Crippen LogP contribution in [-0.2, 0) is 0 Å². The van der Waals surface area contributed by atoms with Crippen LogP contribution in [0.15, 0.2) is 22.7 Å². The molecule has 1 rings (SSSR count). The molecule has 0 spiro atoms. The zero-order valence-corrected chi connectivity index (χ0v) is 6.22. The predicted octanol–water partition coefficient (Wildman–Crippen LogP) is 0.948. The molecule has 0 unspecified atom stereocenters. The molecule has 1 aromatic carbocycles. The van der Waals surface area contributed by atoms with E-state index >= 15 is 0 Å². The molecule has 3 heteroatoms. The van der Waals surface area contributed by atoms with Crippen LogP contribution in [-0.4, -0.2) is 13.0 Å². The second kappa shape index (κ2) is 2.44. The van der Waals surface area contributed by atoms with Crippen molar-refractivity contribution in [3.05, 3.63) is 22.7 Å². The molecule has 1 N–H and O–H groups in total. The molecule has 0 aromatic heterocycles. The minimum absolute atomic E-state index is 0.123. The molecule has 0 aliphatic rings. The molecule has 0 aliphatic heterocycles. The highest BCUT2D eigenvalue weighted by molar-refractivity contribution is 9.10. The van der Waals surface area contributed by atoms with Crippen molar-refractivity contribution in [2.45, 2.75) is 0 Å². The molecular weight excluding hydrogens is 179 g/mol. The maximum atomic E-state index is 8.90. The lowest BCUT2D eigenvalue weighted by molar-refractivity contribution is 0.479. The van der Waals surface area contributed by atoms with Crippen molar-refractivity contribution < 1.29 is 5.11 Å². The zero-order valence-electron chi connectivity index (χ0n) is 4.63. The fourth-order valence-electron chi connectivity index (χ4n) is 0.525. The van der Waals surface area contributed by atoms with Gasteiger partial charge in [0.05, 0.1) is 0 Å². The van der Waals surface area contributed by atoms with E-state index < -0.39 is 0 Å².